The number of nitrogens with zero attached hydrogens (tertiary/aromatic N) is 2. The van der Waals surface area contributed by atoms with Crippen LogP contribution in [0.5, 0.6) is 0 Å². The number of furan rings is 1. The van der Waals surface area contributed by atoms with Crippen LogP contribution in [-0.2, 0) is 4.74 Å². The van der Waals surface area contributed by atoms with Gasteiger partial charge in [0.1, 0.15) is 11.9 Å². The van der Waals surface area contributed by atoms with Crippen LogP contribution in [0.25, 0.3) is 11.3 Å². The van der Waals surface area contributed by atoms with Crippen LogP contribution in [0.1, 0.15) is 104 Å². The molecule has 0 aliphatic heterocycles. The number of rotatable bonds is 15. The Morgan fingerprint density at radius 3 is 2.19 bits per heavy atom. The fourth-order valence-electron chi connectivity index (χ4n) is 4.29. The molecule has 1 aromatic carbocycles. The van der Waals surface area contributed by atoms with Gasteiger partial charge in [-0.2, -0.15) is 0 Å². The van der Waals surface area contributed by atoms with Crippen molar-refractivity contribution in [1.29, 1.82) is 0 Å². The maximum atomic E-state index is 13.3. The second-order valence-corrected chi connectivity index (χ2v) is 9.26. The number of benzene rings is 1. The fraction of sp³-hybridized carbons (Fsp3) is 0.621. The number of carbonyl (C=O) groups excluding carboxylic acids is 1. The molecule has 200 valence electrons. The number of ether oxygens (including phenoxy) is 1. The Labute approximate surface area is 216 Å². The Morgan fingerprint density at radius 1 is 1.06 bits per heavy atom. The van der Waals surface area contributed by atoms with Crippen LogP contribution in [-0.4, -0.2) is 29.0 Å². The van der Waals surface area contributed by atoms with Crippen LogP contribution in [0.3, 0.4) is 0 Å². The summed E-state index contributed by atoms with van der Waals surface area (Å²) in [5.74, 6) is 0.738. The Bertz CT molecular complexity index is 896. The molecule has 7 heteroatoms. The van der Waals surface area contributed by atoms with Crippen LogP contribution < -0.4 is 0 Å². The molecule has 1 fully saturated rings. The molecule has 0 radical (unpaired) electrons. The van der Waals surface area contributed by atoms with Gasteiger partial charge < -0.3 is 14.1 Å². The van der Waals surface area contributed by atoms with Gasteiger partial charge in [0.05, 0.1) is 16.7 Å². The summed E-state index contributed by atoms with van der Waals surface area (Å²) in [6.45, 7) is 9.66. The molecule has 0 N–H and O–H groups in total. The minimum Gasteiger partial charge on any atom is -0.464 e. The van der Waals surface area contributed by atoms with E-state index in [-0.39, 0.29) is 17.7 Å². The predicted octanol–water partition coefficient (Wildman–Crippen LogP) is 8.93. The van der Waals surface area contributed by atoms with E-state index in [4.69, 9.17) is 9.15 Å². The second-order valence-electron chi connectivity index (χ2n) is 9.26. The van der Waals surface area contributed by atoms with E-state index in [2.05, 4.69) is 13.8 Å². The van der Waals surface area contributed by atoms with Gasteiger partial charge in [-0.15, -0.1) is 0 Å². The molecule has 1 heterocycles. The number of hydrogen-bond donors (Lipinski definition) is 0. The second kappa shape index (κ2) is 16.0. The summed E-state index contributed by atoms with van der Waals surface area (Å²) in [7, 11) is 0. The molecule has 1 amide bonds. The third-order valence-corrected chi connectivity index (χ3v) is 6.44. The van der Waals surface area contributed by atoms with Gasteiger partial charge in [0.25, 0.3) is 5.69 Å². The Balaban J connectivity index is 0.00000222. The van der Waals surface area contributed by atoms with E-state index in [9.17, 15) is 14.9 Å². The molecule has 0 saturated heterocycles. The Kier molecular flexibility index (Phi) is 13.1. The van der Waals surface area contributed by atoms with Crippen molar-refractivity contribution in [2.45, 2.75) is 98.0 Å². The number of nitro benzene ring substituents is 1. The molecule has 2 aromatic rings. The van der Waals surface area contributed by atoms with Crippen molar-refractivity contribution in [1.82, 2.24) is 4.90 Å². The molecule has 0 spiro atoms. The number of hydrogen-bond acceptors (Lipinski definition) is 5. The van der Waals surface area contributed by atoms with Crippen molar-refractivity contribution in [3.05, 3.63) is 52.3 Å². The molecule has 1 atom stereocenters. The smallest absolute Gasteiger partial charge is 0.410 e. The van der Waals surface area contributed by atoms with Crippen LogP contribution in [0.15, 0.2) is 41.0 Å². The quantitative estimate of drug-likeness (QED) is 0.138. The van der Waals surface area contributed by atoms with E-state index in [1.165, 1.54) is 6.07 Å². The van der Waals surface area contributed by atoms with Gasteiger partial charge in [0.2, 0.25) is 0 Å². The summed E-state index contributed by atoms with van der Waals surface area (Å²) < 4.78 is 11.5. The van der Waals surface area contributed by atoms with Crippen molar-refractivity contribution in [2.75, 3.05) is 13.1 Å². The van der Waals surface area contributed by atoms with Crippen molar-refractivity contribution < 1.29 is 18.9 Å². The highest BCUT2D eigenvalue weighted by Crippen LogP contribution is 2.47. The van der Waals surface area contributed by atoms with Gasteiger partial charge in [-0.3, -0.25) is 10.1 Å². The average molecular weight is 501 g/mol. The maximum Gasteiger partial charge on any atom is 0.410 e. The first-order valence-corrected chi connectivity index (χ1v) is 13.8. The molecule has 1 saturated carbocycles. The highest BCUT2D eigenvalue weighted by Gasteiger charge is 2.40. The lowest BCUT2D eigenvalue weighted by Crippen LogP contribution is -2.34. The minimum atomic E-state index is -0.628. The molecule has 0 bridgehead atoms. The van der Waals surface area contributed by atoms with Crippen LogP contribution in [0.4, 0.5) is 10.5 Å². The maximum absolute atomic E-state index is 13.3. The van der Waals surface area contributed by atoms with Gasteiger partial charge in [0, 0.05) is 30.6 Å². The Morgan fingerprint density at radius 2 is 1.69 bits per heavy atom. The standard InChI is InChI=1S/C27H38N2O5.C2H6/c1-3-5-7-9-17-28(18-10-8-6-4-2)27(30)34-26(21-13-14-21)23-20-22(25-12-11-19-33-25)15-16-24(23)29(31)32;1-2/h11-12,15-16,19-21,26H,3-10,13-14,17-18H2,1-2H3;1-2H3. The van der Waals surface area contributed by atoms with Gasteiger partial charge in [-0.25, -0.2) is 4.79 Å². The first kappa shape index (κ1) is 29.4. The van der Waals surface area contributed by atoms with Gasteiger partial charge in [-0.05, 0) is 49.9 Å². The summed E-state index contributed by atoms with van der Waals surface area (Å²) >= 11 is 0. The van der Waals surface area contributed by atoms with E-state index >= 15 is 0 Å². The first-order chi connectivity index (χ1) is 17.5. The highest BCUT2D eigenvalue weighted by molar-refractivity contribution is 5.69. The summed E-state index contributed by atoms with van der Waals surface area (Å²) in [6.07, 6.45) is 11.0. The molecule has 1 aliphatic carbocycles. The first-order valence-electron chi connectivity index (χ1n) is 13.8. The fourth-order valence-corrected chi connectivity index (χ4v) is 4.29. The topological polar surface area (TPSA) is 85.8 Å². The van der Waals surface area contributed by atoms with Crippen molar-refractivity contribution in [3.63, 3.8) is 0 Å². The van der Waals surface area contributed by atoms with Crippen molar-refractivity contribution >= 4 is 11.8 Å². The zero-order valence-electron chi connectivity index (χ0n) is 22.5. The third kappa shape index (κ3) is 8.99. The van der Waals surface area contributed by atoms with Crippen molar-refractivity contribution in [3.8, 4) is 11.3 Å². The predicted molar refractivity (Wildman–Crippen MR) is 144 cm³/mol. The lowest BCUT2D eigenvalue weighted by atomic mass is 9.99. The molecule has 7 nitrogen and oxygen atoms in total. The van der Waals surface area contributed by atoms with Crippen LogP contribution >= 0.6 is 0 Å². The summed E-state index contributed by atoms with van der Waals surface area (Å²) in [5, 5.41) is 11.8. The molecule has 36 heavy (non-hydrogen) atoms. The van der Waals surface area contributed by atoms with Crippen molar-refractivity contribution in [2.24, 2.45) is 5.92 Å². The van der Waals surface area contributed by atoms with E-state index < -0.39 is 11.0 Å². The minimum absolute atomic E-state index is 0.0163. The van der Waals surface area contributed by atoms with Crippen LogP contribution in [0, 0.1) is 16.0 Å². The lowest BCUT2D eigenvalue weighted by molar-refractivity contribution is -0.386. The average Bonchev–Trinajstić information content (AvgIpc) is 3.59. The molecular formula is C29H44N2O5. The SMILES string of the molecule is CC.CCCCCCN(CCCCCC)C(=O)OC(c1cc(-c2ccco2)ccc1[N+](=O)[O-])C1CC1. The lowest BCUT2D eigenvalue weighted by Gasteiger charge is -2.26. The van der Waals surface area contributed by atoms with E-state index in [1.807, 2.05) is 24.8 Å². The Hall–Kier alpha value is -2.83. The molecule has 1 unspecified atom stereocenters. The number of carbonyl (C=O) groups is 1. The molecule has 3 rings (SSSR count). The number of unbranched alkanes of at least 4 members (excludes halogenated alkanes) is 6. The van der Waals surface area contributed by atoms with E-state index in [0.717, 1.165) is 69.8 Å². The third-order valence-electron chi connectivity index (χ3n) is 6.44. The zero-order chi connectivity index (χ0) is 26.3. The van der Waals surface area contributed by atoms with Gasteiger partial charge >= 0.3 is 6.09 Å². The van der Waals surface area contributed by atoms with Gasteiger partial charge in [-0.1, -0.05) is 66.2 Å². The summed E-state index contributed by atoms with van der Waals surface area (Å²) in [4.78, 5) is 26.5. The van der Waals surface area contributed by atoms with Crippen LogP contribution in [0.2, 0.25) is 0 Å². The molecule has 1 aromatic heterocycles. The van der Waals surface area contributed by atoms with E-state index in [0.29, 0.717) is 24.4 Å². The summed E-state index contributed by atoms with van der Waals surface area (Å²) in [6, 6.07) is 8.52. The zero-order valence-corrected chi connectivity index (χ0v) is 22.5. The molecular weight excluding hydrogens is 456 g/mol. The normalized spacial score (nSPS) is 13.4. The van der Waals surface area contributed by atoms with Gasteiger partial charge in [0.15, 0.2) is 0 Å². The summed E-state index contributed by atoms with van der Waals surface area (Å²) in [5.41, 5.74) is 1.17. The monoisotopic (exact) mass is 500 g/mol. The number of nitro groups is 1. The number of amides is 1. The van der Waals surface area contributed by atoms with E-state index in [1.54, 1.807) is 24.5 Å². The largest absolute Gasteiger partial charge is 0.464 e. The highest BCUT2D eigenvalue weighted by atomic mass is 16.6. The molecule has 1 aliphatic rings.